The average molecular weight is 465 g/mol. The minimum absolute atomic E-state index is 0.00910. The van der Waals surface area contributed by atoms with Crippen molar-refractivity contribution in [3.63, 3.8) is 0 Å². The number of allylic oxidation sites excluding steroid dienone is 9. The number of carbonyl (C=O) groups excluding carboxylic acids is 1. The van der Waals surface area contributed by atoms with Crippen molar-refractivity contribution in [1.29, 1.82) is 0 Å². The van der Waals surface area contributed by atoms with Crippen LogP contribution in [0.1, 0.15) is 80.1 Å². The molecule has 0 saturated heterocycles. The van der Waals surface area contributed by atoms with Crippen molar-refractivity contribution in [2.75, 3.05) is 7.11 Å². The molecule has 4 nitrogen and oxygen atoms in total. The Balaban J connectivity index is 1.65. The van der Waals surface area contributed by atoms with Crippen molar-refractivity contribution in [3.8, 4) is 0 Å². The maximum Gasteiger partial charge on any atom is 0.220 e. The zero-order chi connectivity index (χ0) is 24.8. The quantitative estimate of drug-likeness (QED) is 0.458. The molecular weight excluding hydrogens is 424 g/mol. The van der Waals surface area contributed by atoms with E-state index in [1.165, 1.54) is 16.7 Å². The number of ketones is 1. The highest BCUT2D eigenvalue weighted by atomic mass is 16.6. The number of fused-ring (bicyclic) bond motifs is 7. The lowest BCUT2D eigenvalue weighted by Crippen LogP contribution is -2.55. The lowest BCUT2D eigenvalue weighted by Gasteiger charge is -2.63. The van der Waals surface area contributed by atoms with Gasteiger partial charge in [0.15, 0.2) is 12.0 Å². The number of methoxy groups -OCH3 is 1. The SMILES string of the molecule is COC(O)C1(C)CCC2(C)CC(C)=C3C4=CC=C5C(=CC(=O)C(O)=C5C)C4(C)CCC3(C)C2C1. The van der Waals surface area contributed by atoms with Gasteiger partial charge in [-0.15, -0.1) is 0 Å². The number of carbonyl (C=O) groups is 1. The monoisotopic (exact) mass is 464 g/mol. The molecule has 0 bridgehead atoms. The van der Waals surface area contributed by atoms with Gasteiger partial charge < -0.3 is 14.9 Å². The Morgan fingerprint density at radius 2 is 1.74 bits per heavy atom. The summed E-state index contributed by atoms with van der Waals surface area (Å²) < 4.78 is 5.45. The third-order valence-corrected chi connectivity index (χ3v) is 10.6. The van der Waals surface area contributed by atoms with Crippen LogP contribution in [0.25, 0.3) is 0 Å². The zero-order valence-corrected chi connectivity index (χ0v) is 21.8. The summed E-state index contributed by atoms with van der Waals surface area (Å²) in [6.45, 7) is 13.6. The van der Waals surface area contributed by atoms with Crippen molar-refractivity contribution < 1.29 is 19.7 Å². The zero-order valence-electron chi connectivity index (χ0n) is 21.8. The van der Waals surface area contributed by atoms with Gasteiger partial charge in [0, 0.05) is 23.5 Å². The summed E-state index contributed by atoms with van der Waals surface area (Å²) in [5, 5.41) is 21.1. The summed E-state index contributed by atoms with van der Waals surface area (Å²) in [4.78, 5) is 12.6. The van der Waals surface area contributed by atoms with E-state index in [9.17, 15) is 15.0 Å². The molecule has 0 spiro atoms. The molecular formula is C30H40O4. The smallest absolute Gasteiger partial charge is 0.220 e. The van der Waals surface area contributed by atoms with Gasteiger partial charge in [-0.3, -0.25) is 4.79 Å². The van der Waals surface area contributed by atoms with Gasteiger partial charge in [0.1, 0.15) is 0 Å². The van der Waals surface area contributed by atoms with Crippen LogP contribution in [0.2, 0.25) is 0 Å². The molecule has 6 unspecified atom stereocenters. The van der Waals surface area contributed by atoms with Crippen LogP contribution in [0, 0.1) is 27.6 Å². The van der Waals surface area contributed by atoms with E-state index in [1.54, 1.807) is 13.2 Å². The van der Waals surface area contributed by atoms with E-state index >= 15 is 0 Å². The van der Waals surface area contributed by atoms with Crippen molar-refractivity contribution in [2.45, 2.75) is 86.4 Å². The van der Waals surface area contributed by atoms with Crippen LogP contribution in [-0.2, 0) is 9.53 Å². The number of aliphatic hydroxyl groups is 2. The molecule has 0 aromatic carbocycles. The van der Waals surface area contributed by atoms with Gasteiger partial charge in [-0.05, 0) is 97.5 Å². The fraction of sp³-hybridized carbons (Fsp3) is 0.633. The molecule has 34 heavy (non-hydrogen) atoms. The predicted molar refractivity (Wildman–Crippen MR) is 134 cm³/mol. The Bertz CT molecular complexity index is 1130. The molecule has 2 N–H and O–H groups in total. The van der Waals surface area contributed by atoms with Crippen LogP contribution in [0.15, 0.2) is 57.4 Å². The van der Waals surface area contributed by atoms with Gasteiger partial charge in [0.05, 0.1) is 0 Å². The minimum Gasteiger partial charge on any atom is -0.504 e. The fourth-order valence-corrected chi connectivity index (χ4v) is 8.56. The normalized spacial score (nSPS) is 42.6. The Kier molecular flexibility index (Phi) is 5.11. The Morgan fingerprint density at radius 3 is 2.41 bits per heavy atom. The molecule has 0 aromatic heterocycles. The minimum atomic E-state index is -0.745. The molecule has 5 aliphatic rings. The highest BCUT2D eigenvalue weighted by Crippen LogP contribution is 2.70. The number of ether oxygens (including phenoxy) is 1. The first kappa shape index (κ1) is 23.8. The summed E-state index contributed by atoms with van der Waals surface area (Å²) in [6.07, 6.45) is 11.4. The van der Waals surface area contributed by atoms with Crippen molar-refractivity contribution in [1.82, 2.24) is 0 Å². The highest BCUT2D eigenvalue weighted by molar-refractivity contribution is 6.06. The second kappa shape index (κ2) is 7.30. The molecule has 0 aliphatic heterocycles. The Hall–Kier alpha value is -1.91. The van der Waals surface area contributed by atoms with E-state index in [2.05, 4.69) is 46.8 Å². The van der Waals surface area contributed by atoms with Gasteiger partial charge in [-0.2, -0.15) is 0 Å². The summed E-state index contributed by atoms with van der Waals surface area (Å²) in [6, 6.07) is 0. The molecule has 0 aromatic rings. The molecule has 0 amide bonds. The van der Waals surface area contributed by atoms with Crippen LogP contribution in [-0.4, -0.2) is 29.4 Å². The lowest BCUT2D eigenvalue weighted by molar-refractivity contribution is -0.190. The van der Waals surface area contributed by atoms with E-state index in [4.69, 9.17) is 4.74 Å². The number of rotatable bonds is 2. The number of hydrogen-bond acceptors (Lipinski definition) is 4. The largest absolute Gasteiger partial charge is 0.504 e. The number of hydrogen-bond donors (Lipinski definition) is 2. The van der Waals surface area contributed by atoms with Crippen LogP contribution >= 0.6 is 0 Å². The number of aliphatic hydroxyl groups excluding tert-OH is 2. The van der Waals surface area contributed by atoms with Gasteiger partial charge in [-0.25, -0.2) is 0 Å². The molecule has 2 saturated carbocycles. The molecule has 0 heterocycles. The maximum atomic E-state index is 12.6. The predicted octanol–water partition coefficient (Wildman–Crippen LogP) is 6.50. The molecule has 5 aliphatic carbocycles. The maximum absolute atomic E-state index is 12.6. The molecule has 4 heteroatoms. The second-order valence-electron chi connectivity index (χ2n) is 12.8. The fourth-order valence-electron chi connectivity index (χ4n) is 8.56. The van der Waals surface area contributed by atoms with Crippen LogP contribution in [0.4, 0.5) is 0 Å². The first-order chi connectivity index (χ1) is 15.8. The standard InChI is InChI=1S/C30H40O4/c1-17-15-27(3)10-11-28(4,26(33)34-7)16-23(27)30(6)13-12-29(5)20(24(17)30)9-8-19-18(2)25(32)22(31)14-21(19)29/h8-9,14,23,26,32-33H,10-13,15-16H2,1-7H3. The van der Waals surface area contributed by atoms with E-state index in [1.807, 2.05) is 6.92 Å². The third kappa shape index (κ3) is 2.94. The summed E-state index contributed by atoms with van der Waals surface area (Å²) >= 11 is 0. The van der Waals surface area contributed by atoms with Gasteiger partial charge in [-0.1, -0.05) is 45.4 Å². The summed E-state index contributed by atoms with van der Waals surface area (Å²) in [7, 11) is 1.61. The molecule has 184 valence electrons. The Labute approximate surface area is 204 Å². The van der Waals surface area contributed by atoms with E-state index in [-0.39, 0.29) is 33.2 Å². The van der Waals surface area contributed by atoms with Crippen molar-refractivity contribution in [2.24, 2.45) is 27.6 Å². The first-order valence-corrected chi connectivity index (χ1v) is 12.8. The average Bonchev–Trinajstić information content (AvgIpc) is 2.79. The molecule has 2 fully saturated rings. The van der Waals surface area contributed by atoms with Crippen LogP contribution < -0.4 is 0 Å². The molecule has 6 atom stereocenters. The first-order valence-electron chi connectivity index (χ1n) is 12.8. The summed E-state index contributed by atoms with van der Waals surface area (Å²) in [5.74, 6) is 0.0443. The molecule has 5 rings (SSSR count). The second-order valence-corrected chi connectivity index (χ2v) is 12.8. The van der Waals surface area contributed by atoms with Gasteiger partial charge >= 0.3 is 0 Å². The van der Waals surface area contributed by atoms with E-state index < -0.39 is 6.29 Å². The molecule has 0 radical (unpaired) electrons. The van der Waals surface area contributed by atoms with Crippen molar-refractivity contribution >= 4 is 5.78 Å². The van der Waals surface area contributed by atoms with Crippen LogP contribution in [0.5, 0.6) is 0 Å². The summed E-state index contributed by atoms with van der Waals surface area (Å²) in [5.41, 5.74) is 6.77. The third-order valence-electron chi connectivity index (χ3n) is 10.6. The Morgan fingerprint density at radius 1 is 1.03 bits per heavy atom. The highest BCUT2D eigenvalue weighted by Gasteiger charge is 2.61. The van der Waals surface area contributed by atoms with E-state index in [0.717, 1.165) is 49.7 Å². The van der Waals surface area contributed by atoms with Gasteiger partial charge in [0.25, 0.3) is 0 Å². The van der Waals surface area contributed by atoms with Crippen LogP contribution in [0.3, 0.4) is 0 Å². The van der Waals surface area contributed by atoms with Crippen molar-refractivity contribution in [3.05, 3.63) is 57.4 Å². The van der Waals surface area contributed by atoms with E-state index in [0.29, 0.717) is 11.5 Å². The topological polar surface area (TPSA) is 66.8 Å². The van der Waals surface area contributed by atoms with Gasteiger partial charge in [0.2, 0.25) is 5.78 Å². The lowest BCUT2D eigenvalue weighted by atomic mass is 9.41.